The molecule has 2 N–H and O–H groups in total. The molecule has 2 atom stereocenters. The molecule has 0 spiro atoms. The summed E-state index contributed by atoms with van der Waals surface area (Å²) >= 11 is 0. The summed E-state index contributed by atoms with van der Waals surface area (Å²) in [4.78, 5) is 5.54. The van der Waals surface area contributed by atoms with Crippen LogP contribution in [0.1, 0.15) is 31.9 Å². The van der Waals surface area contributed by atoms with Crippen molar-refractivity contribution in [3.05, 3.63) is 53.6 Å². The molecule has 0 amide bonds. The highest BCUT2D eigenvalue weighted by Crippen LogP contribution is 2.35. The van der Waals surface area contributed by atoms with Crippen molar-refractivity contribution in [1.29, 1.82) is 0 Å². The lowest BCUT2D eigenvalue weighted by atomic mass is 10.1. The van der Waals surface area contributed by atoms with Crippen LogP contribution in [0.15, 0.2) is 52.4 Å². The van der Waals surface area contributed by atoms with Crippen LogP contribution in [0.25, 0.3) is 0 Å². The minimum absolute atomic E-state index is 0.192. The molecule has 7 heteroatoms. The molecule has 0 bridgehead atoms. The summed E-state index contributed by atoms with van der Waals surface area (Å²) in [7, 11) is -1.04. The lowest BCUT2D eigenvalue weighted by Gasteiger charge is -2.14. The van der Waals surface area contributed by atoms with Gasteiger partial charge < -0.3 is 20.1 Å². The third kappa shape index (κ3) is 5.98. The van der Waals surface area contributed by atoms with Crippen LogP contribution in [0.5, 0.6) is 11.5 Å². The summed E-state index contributed by atoms with van der Waals surface area (Å²) in [5, 5.41) is 6.52. The number of ether oxygens (including phenoxy) is 2. The van der Waals surface area contributed by atoms with Crippen molar-refractivity contribution in [2.24, 2.45) is 4.99 Å². The van der Waals surface area contributed by atoms with Gasteiger partial charge in [0.15, 0.2) is 5.96 Å². The third-order valence-corrected chi connectivity index (χ3v) is 6.09. The van der Waals surface area contributed by atoms with E-state index in [0.29, 0.717) is 31.4 Å². The van der Waals surface area contributed by atoms with E-state index in [-0.39, 0.29) is 6.10 Å². The summed E-state index contributed by atoms with van der Waals surface area (Å²) in [6, 6.07) is 13.6. The predicted molar refractivity (Wildman–Crippen MR) is 122 cm³/mol. The first-order valence-electron chi connectivity index (χ1n) is 10.5. The Labute approximate surface area is 181 Å². The van der Waals surface area contributed by atoms with Crippen LogP contribution in [0.4, 0.5) is 0 Å². The Hall–Kier alpha value is -2.54. The van der Waals surface area contributed by atoms with Crippen molar-refractivity contribution < 1.29 is 13.7 Å². The predicted octanol–water partition coefficient (Wildman–Crippen LogP) is 3.27. The van der Waals surface area contributed by atoms with E-state index >= 15 is 0 Å². The number of rotatable bonds is 9. The summed E-state index contributed by atoms with van der Waals surface area (Å²) in [6.45, 7) is 8.47. The molecule has 6 nitrogen and oxygen atoms in total. The second-order valence-electron chi connectivity index (χ2n) is 7.12. The monoisotopic (exact) mass is 429 g/mol. The molecule has 0 aromatic heterocycles. The van der Waals surface area contributed by atoms with Crippen LogP contribution in [0.2, 0.25) is 0 Å². The second kappa shape index (κ2) is 11.0. The molecule has 1 aliphatic heterocycles. The van der Waals surface area contributed by atoms with Crippen LogP contribution < -0.4 is 20.1 Å². The second-order valence-corrected chi connectivity index (χ2v) is 8.69. The minimum Gasteiger partial charge on any atom is -0.494 e. The smallest absolute Gasteiger partial charge is 0.191 e. The Kier molecular flexibility index (Phi) is 8.13. The number of nitrogens with one attached hydrogen (secondary N) is 2. The van der Waals surface area contributed by atoms with Gasteiger partial charge in [0, 0.05) is 41.3 Å². The number of fused-ring (bicyclic) bond motifs is 1. The van der Waals surface area contributed by atoms with E-state index in [0.717, 1.165) is 34.9 Å². The summed E-state index contributed by atoms with van der Waals surface area (Å²) < 4.78 is 24.1. The zero-order chi connectivity index (χ0) is 21.3. The fourth-order valence-corrected chi connectivity index (χ4v) is 4.34. The first-order valence-corrected chi connectivity index (χ1v) is 11.8. The fraction of sp³-hybridized carbons (Fsp3) is 0.435. The zero-order valence-corrected chi connectivity index (χ0v) is 18.8. The van der Waals surface area contributed by atoms with Gasteiger partial charge >= 0.3 is 0 Å². The molecule has 2 unspecified atom stereocenters. The van der Waals surface area contributed by atoms with Crippen LogP contribution in [-0.4, -0.2) is 41.7 Å². The standard InChI is InChI=1S/C23H31N3O3S/c1-4-24-23(25-11-12-30(27)20-9-7-6-8-10-20)26-16-19-15-22-18(13-17(3)29-22)14-21(19)28-5-2/h6-10,14-15,17H,4-5,11-13,16H2,1-3H3,(H2,24,25,26). The molecule has 0 radical (unpaired) electrons. The van der Waals surface area contributed by atoms with E-state index in [9.17, 15) is 4.21 Å². The number of hydrogen-bond acceptors (Lipinski definition) is 4. The lowest BCUT2D eigenvalue weighted by Crippen LogP contribution is -2.39. The van der Waals surface area contributed by atoms with Gasteiger partial charge in [0.25, 0.3) is 0 Å². The molecule has 0 fully saturated rings. The van der Waals surface area contributed by atoms with Gasteiger partial charge in [-0.05, 0) is 45.0 Å². The average molecular weight is 430 g/mol. The van der Waals surface area contributed by atoms with E-state index in [1.165, 1.54) is 5.56 Å². The maximum Gasteiger partial charge on any atom is 0.191 e. The largest absolute Gasteiger partial charge is 0.494 e. The maximum atomic E-state index is 12.4. The molecule has 3 rings (SSSR count). The Morgan fingerprint density at radius 2 is 2.03 bits per heavy atom. The Morgan fingerprint density at radius 3 is 2.77 bits per heavy atom. The van der Waals surface area contributed by atoms with Crippen molar-refractivity contribution >= 4 is 16.8 Å². The summed E-state index contributed by atoms with van der Waals surface area (Å²) in [6.07, 6.45) is 1.10. The number of aliphatic imine (C=N–C) groups is 1. The van der Waals surface area contributed by atoms with E-state index in [2.05, 4.69) is 23.6 Å². The zero-order valence-electron chi connectivity index (χ0n) is 17.9. The average Bonchev–Trinajstić information content (AvgIpc) is 3.11. The Balaban J connectivity index is 1.64. The third-order valence-electron chi connectivity index (χ3n) is 4.72. The number of guanidine groups is 1. The number of hydrogen-bond donors (Lipinski definition) is 2. The highest BCUT2D eigenvalue weighted by molar-refractivity contribution is 7.85. The topological polar surface area (TPSA) is 72.0 Å². The van der Waals surface area contributed by atoms with E-state index < -0.39 is 10.8 Å². The normalized spacial score (nSPS) is 16.5. The van der Waals surface area contributed by atoms with Gasteiger partial charge in [-0.3, -0.25) is 4.21 Å². The highest BCUT2D eigenvalue weighted by atomic mass is 32.2. The first-order chi connectivity index (χ1) is 14.6. The highest BCUT2D eigenvalue weighted by Gasteiger charge is 2.21. The van der Waals surface area contributed by atoms with Gasteiger partial charge in [-0.15, -0.1) is 0 Å². The van der Waals surface area contributed by atoms with Crippen LogP contribution in [-0.2, 0) is 23.8 Å². The molecule has 1 heterocycles. The molecule has 30 heavy (non-hydrogen) atoms. The summed E-state index contributed by atoms with van der Waals surface area (Å²) in [5.41, 5.74) is 2.18. The molecule has 0 saturated heterocycles. The van der Waals surface area contributed by atoms with Crippen LogP contribution in [0, 0.1) is 0 Å². The molecule has 2 aromatic rings. The number of benzene rings is 2. The van der Waals surface area contributed by atoms with Crippen molar-refractivity contribution in [3.63, 3.8) is 0 Å². The Morgan fingerprint density at radius 1 is 1.23 bits per heavy atom. The first kappa shape index (κ1) is 22.2. The maximum absolute atomic E-state index is 12.4. The molecule has 1 aliphatic rings. The molecule has 2 aromatic carbocycles. The number of nitrogens with zero attached hydrogens (tertiary/aromatic N) is 1. The molecule has 0 aliphatic carbocycles. The molecule has 0 saturated carbocycles. The van der Waals surface area contributed by atoms with Gasteiger partial charge in [-0.1, -0.05) is 18.2 Å². The van der Waals surface area contributed by atoms with Crippen molar-refractivity contribution in [2.75, 3.05) is 25.4 Å². The lowest BCUT2D eigenvalue weighted by molar-refractivity contribution is 0.254. The van der Waals surface area contributed by atoms with E-state index in [4.69, 9.17) is 14.5 Å². The van der Waals surface area contributed by atoms with Crippen molar-refractivity contribution in [1.82, 2.24) is 10.6 Å². The van der Waals surface area contributed by atoms with Gasteiger partial charge in [0.2, 0.25) is 0 Å². The van der Waals surface area contributed by atoms with Crippen LogP contribution in [0.3, 0.4) is 0 Å². The van der Waals surface area contributed by atoms with Gasteiger partial charge in [-0.25, -0.2) is 4.99 Å². The molecule has 162 valence electrons. The van der Waals surface area contributed by atoms with Gasteiger partial charge in [0.05, 0.1) is 24.0 Å². The van der Waals surface area contributed by atoms with Crippen LogP contribution >= 0.6 is 0 Å². The molecular formula is C23H31N3O3S. The van der Waals surface area contributed by atoms with Crippen molar-refractivity contribution in [3.8, 4) is 11.5 Å². The summed E-state index contributed by atoms with van der Waals surface area (Å²) in [5.74, 6) is 2.99. The SMILES string of the molecule is CCNC(=NCc1cc2c(cc1OCC)CC(C)O2)NCCS(=O)c1ccccc1. The van der Waals surface area contributed by atoms with E-state index in [1.54, 1.807) is 0 Å². The minimum atomic E-state index is -1.04. The fourth-order valence-electron chi connectivity index (χ4n) is 3.35. The van der Waals surface area contributed by atoms with E-state index in [1.807, 2.05) is 50.2 Å². The quantitative estimate of drug-likeness (QED) is 0.473. The van der Waals surface area contributed by atoms with Crippen molar-refractivity contribution in [2.45, 2.75) is 44.7 Å². The van der Waals surface area contributed by atoms with Gasteiger partial charge in [0.1, 0.15) is 17.6 Å². The van der Waals surface area contributed by atoms with Gasteiger partial charge in [-0.2, -0.15) is 0 Å². The molecular weight excluding hydrogens is 398 g/mol. The Bertz CT molecular complexity index is 887.